The summed E-state index contributed by atoms with van der Waals surface area (Å²) in [6.07, 6.45) is 13.9. The Morgan fingerprint density at radius 2 is 2.00 bits per heavy atom. The molecule has 2 aliphatic rings. The summed E-state index contributed by atoms with van der Waals surface area (Å²) in [5.74, 6) is 0.775. The second-order valence-corrected chi connectivity index (χ2v) is 5.99. The number of hydrogen-bond acceptors (Lipinski definition) is 3. The van der Waals surface area contributed by atoms with Gasteiger partial charge in [0.05, 0.1) is 12.3 Å². The molecule has 0 bridgehead atoms. The highest BCUT2D eigenvalue weighted by atomic mass is 16.1. The zero-order chi connectivity index (χ0) is 14.5. The summed E-state index contributed by atoms with van der Waals surface area (Å²) in [7, 11) is 0. The highest BCUT2D eigenvalue weighted by Gasteiger charge is 2.27. The minimum Gasteiger partial charge on any atom is -0.299 e. The van der Waals surface area contributed by atoms with E-state index in [0.717, 1.165) is 18.6 Å². The minimum absolute atomic E-state index is 0.255. The van der Waals surface area contributed by atoms with Gasteiger partial charge in [-0.2, -0.15) is 5.10 Å². The molecule has 1 atom stereocenters. The predicted octanol–water partition coefficient (Wildman–Crippen LogP) is 4.06. The standard InChI is InChI=1S/C18H22N2O/c21-12-6-11-20-18(13-15-7-2-1-3-8-15)17-10-5-4-9-16(17)14-19-20/h4-6,9-12,14-15,18H,1-3,7-8,13H2. The maximum absolute atomic E-state index is 10.6. The lowest BCUT2D eigenvalue weighted by Crippen LogP contribution is -2.26. The Hall–Kier alpha value is -1.90. The highest BCUT2D eigenvalue weighted by molar-refractivity contribution is 5.83. The first-order valence-electron chi connectivity index (χ1n) is 7.91. The lowest BCUT2D eigenvalue weighted by atomic mass is 9.82. The molecule has 3 heteroatoms. The van der Waals surface area contributed by atoms with Gasteiger partial charge in [0.15, 0.2) is 0 Å². The van der Waals surface area contributed by atoms with Crippen LogP contribution in [0.25, 0.3) is 0 Å². The molecule has 0 aromatic heterocycles. The van der Waals surface area contributed by atoms with Crippen molar-refractivity contribution >= 4 is 12.5 Å². The molecular weight excluding hydrogens is 260 g/mol. The van der Waals surface area contributed by atoms with Gasteiger partial charge >= 0.3 is 0 Å². The van der Waals surface area contributed by atoms with Gasteiger partial charge in [-0.3, -0.25) is 9.80 Å². The van der Waals surface area contributed by atoms with Crippen LogP contribution in [0.5, 0.6) is 0 Å². The third kappa shape index (κ3) is 3.23. The first kappa shape index (κ1) is 14.1. The molecule has 1 unspecified atom stereocenters. The van der Waals surface area contributed by atoms with Gasteiger partial charge in [-0.25, -0.2) is 0 Å². The highest BCUT2D eigenvalue weighted by Crippen LogP contribution is 2.37. The molecular formula is C18H22N2O. The molecule has 1 heterocycles. The van der Waals surface area contributed by atoms with E-state index in [0.29, 0.717) is 0 Å². The lowest BCUT2D eigenvalue weighted by Gasteiger charge is -2.34. The Labute approximate surface area is 126 Å². The third-order valence-electron chi connectivity index (χ3n) is 4.60. The van der Waals surface area contributed by atoms with E-state index in [2.05, 4.69) is 29.4 Å². The van der Waals surface area contributed by atoms with Crippen LogP contribution in [-0.4, -0.2) is 17.5 Å². The topological polar surface area (TPSA) is 32.7 Å². The number of hydrazone groups is 1. The number of rotatable bonds is 4. The van der Waals surface area contributed by atoms with Crippen LogP contribution in [0.15, 0.2) is 41.6 Å². The van der Waals surface area contributed by atoms with Gasteiger partial charge in [-0.15, -0.1) is 0 Å². The molecule has 1 aliphatic heterocycles. The normalized spacial score (nSPS) is 22.5. The van der Waals surface area contributed by atoms with Gasteiger partial charge in [0.1, 0.15) is 6.29 Å². The van der Waals surface area contributed by atoms with E-state index < -0.39 is 0 Å². The Morgan fingerprint density at radius 1 is 1.19 bits per heavy atom. The van der Waals surface area contributed by atoms with E-state index in [1.54, 1.807) is 6.20 Å². The van der Waals surface area contributed by atoms with E-state index in [9.17, 15) is 4.79 Å². The number of allylic oxidation sites excluding steroid dienone is 1. The molecule has 3 nitrogen and oxygen atoms in total. The van der Waals surface area contributed by atoms with Gasteiger partial charge in [-0.1, -0.05) is 56.4 Å². The summed E-state index contributed by atoms with van der Waals surface area (Å²) in [6, 6.07) is 8.71. The van der Waals surface area contributed by atoms with E-state index in [1.807, 2.05) is 11.2 Å². The van der Waals surface area contributed by atoms with E-state index >= 15 is 0 Å². The van der Waals surface area contributed by atoms with Crippen molar-refractivity contribution in [3.8, 4) is 0 Å². The maximum atomic E-state index is 10.6. The van der Waals surface area contributed by atoms with Crippen molar-refractivity contribution in [2.75, 3.05) is 0 Å². The van der Waals surface area contributed by atoms with Crippen LogP contribution >= 0.6 is 0 Å². The van der Waals surface area contributed by atoms with Crippen molar-refractivity contribution in [1.82, 2.24) is 5.01 Å². The number of hydrogen-bond donors (Lipinski definition) is 0. The maximum Gasteiger partial charge on any atom is 0.144 e. The number of carbonyl (C=O) groups excluding carboxylic acids is 1. The summed E-state index contributed by atoms with van der Waals surface area (Å²) in [5.41, 5.74) is 2.53. The Morgan fingerprint density at radius 3 is 2.81 bits per heavy atom. The first-order valence-corrected chi connectivity index (χ1v) is 7.91. The van der Waals surface area contributed by atoms with Crippen LogP contribution in [0.4, 0.5) is 0 Å². The van der Waals surface area contributed by atoms with Crippen LogP contribution in [-0.2, 0) is 4.79 Å². The Kier molecular flexibility index (Phi) is 4.49. The van der Waals surface area contributed by atoms with E-state index in [4.69, 9.17) is 0 Å². The predicted molar refractivity (Wildman–Crippen MR) is 85.0 cm³/mol. The summed E-state index contributed by atoms with van der Waals surface area (Å²) in [4.78, 5) is 10.6. The number of nitrogens with zero attached hydrogens (tertiary/aromatic N) is 2. The van der Waals surface area contributed by atoms with Crippen molar-refractivity contribution < 1.29 is 4.79 Å². The van der Waals surface area contributed by atoms with E-state index in [-0.39, 0.29) is 6.04 Å². The lowest BCUT2D eigenvalue weighted by molar-refractivity contribution is -0.104. The zero-order valence-corrected chi connectivity index (χ0v) is 12.3. The summed E-state index contributed by atoms with van der Waals surface area (Å²) in [5, 5.41) is 6.47. The largest absolute Gasteiger partial charge is 0.299 e. The van der Waals surface area contributed by atoms with Gasteiger partial charge < -0.3 is 0 Å². The molecule has 0 N–H and O–H groups in total. The molecule has 0 saturated heterocycles. The number of aldehydes is 1. The summed E-state index contributed by atoms with van der Waals surface area (Å²) in [6.45, 7) is 0. The smallest absolute Gasteiger partial charge is 0.144 e. The monoisotopic (exact) mass is 282 g/mol. The van der Waals surface area contributed by atoms with Gasteiger partial charge in [0.25, 0.3) is 0 Å². The average Bonchev–Trinajstić information content (AvgIpc) is 2.55. The fourth-order valence-corrected chi connectivity index (χ4v) is 3.52. The number of benzene rings is 1. The fraction of sp³-hybridized carbons (Fsp3) is 0.444. The molecule has 1 saturated carbocycles. The van der Waals surface area contributed by atoms with Gasteiger partial charge in [-0.05, 0) is 29.5 Å². The minimum atomic E-state index is 0.255. The second kappa shape index (κ2) is 6.70. The van der Waals surface area contributed by atoms with Crippen LogP contribution in [0.1, 0.15) is 55.7 Å². The van der Waals surface area contributed by atoms with Crippen LogP contribution in [0.3, 0.4) is 0 Å². The quantitative estimate of drug-likeness (QED) is 0.616. The van der Waals surface area contributed by atoms with Crippen molar-refractivity contribution in [3.63, 3.8) is 0 Å². The van der Waals surface area contributed by atoms with Crippen molar-refractivity contribution in [3.05, 3.63) is 47.7 Å². The summed E-state index contributed by atoms with van der Waals surface area (Å²) < 4.78 is 0. The average molecular weight is 282 g/mol. The van der Waals surface area contributed by atoms with Crippen LogP contribution < -0.4 is 0 Å². The molecule has 0 amide bonds. The molecule has 1 aromatic carbocycles. The van der Waals surface area contributed by atoms with Crippen molar-refractivity contribution in [1.29, 1.82) is 0 Å². The Bertz CT molecular complexity index is 544. The van der Waals surface area contributed by atoms with E-state index in [1.165, 1.54) is 49.3 Å². The van der Waals surface area contributed by atoms with Crippen LogP contribution in [0.2, 0.25) is 0 Å². The molecule has 110 valence electrons. The fourth-order valence-electron chi connectivity index (χ4n) is 3.52. The molecule has 0 radical (unpaired) electrons. The Balaban J connectivity index is 1.84. The molecule has 3 rings (SSSR count). The van der Waals surface area contributed by atoms with Gasteiger partial charge in [0, 0.05) is 6.20 Å². The number of carbonyl (C=O) groups is 1. The van der Waals surface area contributed by atoms with Crippen molar-refractivity contribution in [2.45, 2.75) is 44.6 Å². The van der Waals surface area contributed by atoms with Crippen LogP contribution in [0, 0.1) is 5.92 Å². The first-order chi connectivity index (χ1) is 10.4. The van der Waals surface area contributed by atoms with Crippen molar-refractivity contribution in [2.24, 2.45) is 11.0 Å². The molecule has 1 aliphatic carbocycles. The second-order valence-electron chi connectivity index (χ2n) is 5.99. The molecule has 21 heavy (non-hydrogen) atoms. The third-order valence-corrected chi connectivity index (χ3v) is 4.60. The zero-order valence-electron chi connectivity index (χ0n) is 12.3. The molecule has 1 aromatic rings. The SMILES string of the molecule is O=CC=CN1N=Cc2ccccc2C1CC1CCCCC1. The summed E-state index contributed by atoms with van der Waals surface area (Å²) >= 11 is 0. The molecule has 1 fully saturated rings. The number of fused-ring (bicyclic) bond motifs is 1. The van der Waals surface area contributed by atoms with Gasteiger partial charge in [0.2, 0.25) is 0 Å². The molecule has 0 spiro atoms.